The number of carboxylic acid groups (broad SMARTS) is 1. The highest BCUT2D eigenvalue weighted by Crippen LogP contribution is 2.32. The van der Waals surface area contributed by atoms with E-state index in [-0.39, 0.29) is 16.5 Å². The zero-order chi connectivity index (χ0) is 10.8. The van der Waals surface area contributed by atoms with Gasteiger partial charge in [-0.05, 0) is 0 Å². The Morgan fingerprint density at radius 3 is 2.57 bits per heavy atom. The summed E-state index contributed by atoms with van der Waals surface area (Å²) in [6.07, 6.45) is -4.54. The first-order valence-electron chi connectivity index (χ1n) is 3.26. The predicted molar refractivity (Wildman–Crippen MR) is 41.0 cm³/mol. The Kier molecular flexibility index (Phi) is 2.89. The minimum absolute atomic E-state index is 0.167. The van der Waals surface area contributed by atoms with Crippen LogP contribution in [0.25, 0.3) is 0 Å². The van der Waals surface area contributed by atoms with Crippen LogP contribution in [0.3, 0.4) is 0 Å². The Labute approximate surface area is 79.6 Å². The Morgan fingerprint density at radius 2 is 2.14 bits per heavy atom. The molecule has 0 aliphatic rings. The zero-order valence-corrected chi connectivity index (χ0v) is 7.32. The number of aliphatic carboxylic acids is 1. The van der Waals surface area contributed by atoms with Crippen LogP contribution in [0.4, 0.5) is 18.3 Å². The summed E-state index contributed by atoms with van der Waals surface area (Å²) in [5.41, 5.74) is 0. The van der Waals surface area contributed by atoms with Crippen molar-refractivity contribution in [3.8, 4) is 0 Å². The number of hydrogen-bond acceptors (Lipinski definition) is 5. The van der Waals surface area contributed by atoms with Crippen LogP contribution in [0.15, 0.2) is 0 Å². The van der Waals surface area contributed by atoms with Crippen molar-refractivity contribution in [3.05, 3.63) is 5.01 Å². The smallest absolute Gasteiger partial charge is 0.445 e. The maximum absolute atomic E-state index is 12.0. The highest BCUT2D eigenvalue weighted by atomic mass is 32.1. The maximum atomic E-state index is 12.0. The summed E-state index contributed by atoms with van der Waals surface area (Å²) < 4.78 is 35.9. The Balaban J connectivity index is 2.64. The van der Waals surface area contributed by atoms with E-state index < -0.39 is 23.7 Å². The molecular weight excluding hydrogens is 223 g/mol. The molecule has 5 nitrogen and oxygen atoms in total. The third kappa shape index (κ3) is 2.83. The van der Waals surface area contributed by atoms with Crippen LogP contribution >= 0.6 is 11.3 Å². The van der Waals surface area contributed by atoms with Crippen molar-refractivity contribution >= 4 is 22.4 Å². The lowest BCUT2D eigenvalue weighted by Crippen LogP contribution is -2.11. The molecule has 0 unspecified atom stereocenters. The second-order valence-electron chi connectivity index (χ2n) is 2.16. The summed E-state index contributed by atoms with van der Waals surface area (Å²) in [5.74, 6) is -1.19. The van der Waals surface area contributed by atoms with Gasteiger partial charge in [0.05, 0.1) is 0 Å². The molecule has 0 aliphatic carbocycles. The second-order valence-corrected chi connectivity index (χ2v) is 3.13. The van der Waals surface area contributed by atoms with Crippen molar-refractivity contribution in [2.75, 3.05) is 11.9 Å². The number of hydrogen-bond donors (Lipinski definition) is 2. The molecule has 9 heteroatoms. The molecule has 0 bridgehead atoms. The van der Waals surface area contributed by atoms with E-state index in [9.17, 15) is 18.0 Å². The van der Waals surface area contributed by atoms with Gasteiger partial charge in [-0.15, -0.1) is 10.2 Å². The van der Waals surface area contributed by atoms with Gasteiger partial charge < -0.3 is 10.4 Å². The van der Waals surface area contributed by atoms with E-state index >= 15 is 0 Å². The van der Waals surface area contributed by atoms with Crippen LogP contribution in [0, 0.1) is 0 Å². The third-order valence-corrected chi connectivity index (χ3v) is 1.98. The molecule has 0 amide bonds. The molecule has 2 N–H and O–H groups in total. The minimum Gasteiger partial charge on any atom is -0.480 e. The lowest BCUT2D eigenvalue weighted by atomic mass is 10.7. The van der Waals surface area contributed by atoms with Crippen molar-refractivity contribution in [2.24, 2.45) is 0 Å². The summed E-state index contributed by atoms with van der Waals surface area (Å²) in [7, 11) is 0. The summed E-state index contributed by atoms with van der Waals surface area (Å²) in [5, 5.41) is 15.1. The molecule has 1 rings (SSSR count). The first-order valence-corrected chi connectivity index (χ1v) is 4.07. The molecule has 14 heavy (non-hydrogen) atoms. The molecule has 78 valence electrons. The molecule has 0 saturated heterocycles. The van der Waals surface area contributed by atoms with Gasteiger partial charge in [0.2, 0.25) is 10.1 Å². The fraction of sp³-hybridized carbons (Fsp3) is 0.400. The first kappa shape index (κ1) is 10.7. The molecule has 0 spiro atoms. The quantitative estimate of drug-likeness (QED) is 0.807. The van der Waals surface area contributed by atoms with E-state index in [1.165, 1.54) is 0 Å². The van der Waals surface area contributed by atoms with Crippen LogP contribution in [0.1, 0.15) is 5.01 Å². The average Bonchev–Trinajstić information content (AvgIpc) is 2.47. The molecule has 0 saturated carbocycles. The van der Waals surface area contributed by atoms with Crippen LogP contribution < -0.4 is 5.32 Å². The van der Waals surface area contributed by atoms with Crippen LogP contribution in [-0.4, -0.2) is 27.8 Å². The van der Waals surface area contributed by atoms with Crippen molar-refractivity contribution < 1.29 is 23.1 Å². The van der Waals surface area contributed by atoms with Gasteiger partial charge in [-0.25, -0.2) is 0 Å². The lowest BCUT2D eigenvalue weighted by molar-refractivity contribution is -0.138. The molecular formula is C5H4F3N3O2S. The molecule has 1 aromatic heterocycles. The molecule has 1 aromatic rings. The highest BCUT2D eigenvalue weighted by molar-refractivity contribution is 7.15. The molecule has 0 aliphatic heterocycles. The summed E-state index contributed by atoms with van der Waals surface area (Å²) in [4.78, 5) is 10.0. The number of rotatable bonds is 3. The highest BCUT2D eigenvalue weighted by Gasteiger charge is 2.35. The van der Waals surface area contributed by atoms with Crippen molar-refractivity contribution in [3.63, 3.8) is 0 Å². The number of carboxylic acids is 1. The van der Waals surface area contributed by atoms with E-state index in [0.29, 0.717) is 0 Å². The van der Waals surface area contributed by atoms with Gasteiger partial charge in [-0.3, -0.25) is 4.79 Å². The standard InChI is InChI=1S/C5H4F3N3O2S/c6-5(7,8)3-10-11-4(14-3)9-1-2(12)13/h1H2,(H,9,11)(H,12,13). The van der Waals surface area contributed by atoms with Gasteiger partial charge >= 0.3 is 12.1 Å². The van der Waals surface area contributed by atoms with Crippen LogP contribution in [0.2, 0.25) is 0 Å². The third-order valence-electron chi connectivity index (χ3n) is 1.06. The zero-order valence-electron chi connectivity index (χ0n) is 6.50. The molecule has 0 fully saturated rings. The second kappa shape index (κ2) is 3.78. The maximum Gasteiger partial charge on any atom is 0.445 e. The largest absolute Gasteiger partial charge is 0.480 e. The monoisotopic (exact) mass is 227 g/mol. The van der Waals surface area contributed by atoms with Gasteiger partial charge in [-0.1, -0.05) is 11.3 Å². The fourth-order valence-corrected chi connectivity index (χ4v) is 1.17. The summed E-state index contributed by atoms with van der Waals surface area (Å²) in [6.45, 7) is -0.494. The summed E-state index contributed by atoms with van der Waals surface area (Å²) in [6, 6.07) is 0. The van der Waals surface area contributed by atoms with E-state index in [1.807, 2.05) is 0 Å². The normalized spacial score (nSPS) is 11.4. The van der Waals surface area contributed by atoms with Crippen LogP contribution in [0.5, 0.6) is 0 Å². The SMILES string of the molecule is O=C(O)CNc1nnc(C(F)(F)F)s1. The Bertz CT molecular complexity index is 337. The fourth-order valence-electron chi connectivity index (χ4n) is 0.560. The predicted octanol–water partition coefficient (Wildman–Crippen LogP) is 1.05. The van der Waals surface area contributed by atoms with Gasteiger partial charge in [0.25, 0.3) is 0 Å². The molecule has 0 atom stereocenters. The van der Waals surface area contributed by atoms with Gasteiger partial charge in [0.15, 0.2) is 0 Å². The summed E-state index contributed by atoms with van der Waals surface area (Å²) >= 11 is 0.260. The number of aromatic nitrogens is 2. The van der Waals surface area contributed by atoms with Crippen molar-refractivity contribution in [1.82, 2.24) is 10.2 Å². The molecule has 1 heterocycles. The van der Waals surface area contributed by atoms with Gasteiger partial charge in [-0.2, -0.15) is 13.2 Å². The number of carbonyl (C=O) groups is 1. The number of anilines is 1. The van der Waals surface area contributed by atoms with E-state index in [1.54, 1.807) is 0 Å². The Morgan fingerprint density at radius 1 is 1.50 bits per heavy atom. The Hall–Kier alpha value is -1.38. The number of nitrogens with zero attached hydrogens (tertiary/aromatic N) is 2. The molecule has 0 aromatic carbocycles. The van der Waals surface area contributed by atoms with Crippen LogP contribution in [-0.2, 0) is 11.0 Å². The van der Waals surface area contributed by atoms with Crippen molar-refractivity contribution in [2.45, 2.75) is 6.18 Å². The number of nitrogens with one attached hydrogen (secondary N) is 1. The minimum atomic E-state index is -4.54. The van der Waals surface area contributed by atoms with Gasteiger partial charge in [0, 0.05) is 0 Å². The number of halogens is 3. The lowest BCUT2D eigenvalue weighted by Gasteiger charge is -1.97. The number of alkyl halides is 3. The molecule has 0 radical (unpaired) electrons. The average molecular weight is 227 g/mol. The van der Waals surface area contributed by atoms with Gasteiger partial charge in [0.1, 0.15) is 6.54 Å². The van der Waals surface area contributed by atoms with E-state index in [4.69, 9.17) is 5.11 Å². The first-order chi connectivity index (χ1) is 6.39. The van der Waals surface area contributed by atoms with E-state index in [0.717, 1.165) is 0 Å². The van der Waals surface area contributed by atoms with Crippen molar-refractivity contribution in [1.29, 1.82) is 0 Å². The topological polar surface area (TPSA) is 75.1 Å². The van der Waals surface area contributed by atoms with E-state index in [2.05, 4.69) is 15.5 Å².